The number of hydrogen-bond acceptors (Lipinski definition) is 0. The molecule has 9 heteroatoms. The number of rotatable bonds is 37. The Morgan fingerprint density at radius 2 is 0.471 bits per heavy atom. The van der Waals surface area contributed by atoms with E-state index in [1.807, 2.05) is 111 Å². The average molecular weight is 1480 g/mol. The van der Waals surface area contributed by atoms with Gasteiger partial charge in [0.2, 0.25) is 0 Å². The van der Waals surface area contributed by atoms with Crippen molar-refractivity contribution in [3.8, 4) is 0 Å². The second kappa shape index (κ2) is 56.6. The summed E-state index contributed by atoms with van der Waals surface area (Å²) < 4.78 is 125. The molecule has 0 fully saturated rings. The molecule has 7 atom stereocenters. The molecular formula is C93H195F9. The Kier molecular flexibility index (Phi) is 66.4. The van der Waals surface area contributed by atoms with Gasteiger partial charge >= 0.3 is 0 Å². The number of halogens is 9. The summed E-state index contributed by atoms with van der Waals surface area (Å²) in [6.07, 6.45) is 16.3. The molecule has 7 unspecified atom stereocenters. The Morgan fingerprint density at radius 1 is 0.225 bits per heavy atom. The molecule has 0 saturated carbocycles. The van der Waals surface area contributed by atoms with Gasteiger partial charge < -0.3 is 0 Å². The third-order valence-corrected chi connectivity index (χ3v) is 25.6. The zero-order valence-electron chi connectivity index (χ0n) is 78.6. The van der Waals surface area contributed by atoms with E-state index < -0.39 is 51.0 Å². The second-order valence-corrected chi connectivity index (χ2v) is 37.5. The van der Waals surface area contributed by atoms with Crippen molar-refractivity contribution in [2.45, 2.75) is 498 Å². The van der Waals surface area contributed by atoms with E-state index in [1.54, 1.807) is 62.3 Å². The molecular weight excluding hydrogens is 1290 g/mol. The van der Waals surface area contributed by atoms with Crippen molar-refractivity contribution in [2.24, 2.45) is 106 Å². The highest BCUT2D eigenvalue weighted by Crippen LogP contribution is 2.47. The van der Waals surface area contributed by atoms with Gasteiger partial charge in [-0.2, -0.15) is 0 Å². The standard InChI is InChI=1S/2C12H25F.3C11H23F.2C10H21F.2C8H17F/c1-8(2)11(9(3)4)12(7,13)10(5)6;1-7-8-12(6,13)11(9(2)3)10(4)5;1-7-10(5,8-2)11(6,12)9(3)4;1-7-11(6,12)10(8(2)3)9(4)5;1-6-9-11(5,12)10(4,7-2)8-3;1-6-9(7-2)10(5,11)8(3)4;1-5-8-10(4,11)9(6-2)7-3;1-6(2)8(5,9)7(3)4;1-4-6-8(3,9)7-5-2/h8-11H,1-7H3;9-11H,7-8H2,1-6H3;9H,7-8H2,1-6H3;8-10H,7H2,1-6H3;6-9H2,1-5H3;8-9H,6-7H2,1-5H3;9H,5-8H2,1-4H3;6-7H,1-5H3;4-7H2,1-3H3. The fourth-order valence-electron chi connectivity index (χ4n) is 16.3. The molecule has 0 rings (SSSR count). The smallest absolute Gasteiger partial charge is 0.115 e. The van der Waals surface area contributed by atoms with Crippen LogP contribution >= 0.6 is 0 Å². The third kappa shape index (κ3) is 46.1. The molecule has 0 aromatic heterocycles. The quantitative estimate of drug-likeness (QED) is 0.0544. The van der Waals surface area contributed by atoms with Crippen LogP contribution in [0, 0.1) is 106 Å². The topological polar surface area (TPSA) is 0 Å². The predicted molar refractivity (Wildman–Crippen MR) is 450 cm³/mol. The van der Waals surface area contributed by atoms with Gasteiger partial charge in [0, 0.05) is 10.8 Å². The molecule has 0 saturated heterocycles. The summed E-state index contributed by atoms with van der Waals surface area (Å²) in [4.78, 5) is 0. The minimum Gasteiger partial charge on any atom is -0.244 e. The third-order valence-electron chi connectivity index (χ3n) is 25.6. The van der Waals surface area contributed by atoms with Crippen molar-refractivity contribution in [2.75, 3.05) is 0 Å². The summed E-state index contributed by atoms with van der Waals surface area (Å²) in [5.74, 6) is 4.14. The van der Waals surface area contributed by atoms with E-state index in [0.29, 0.717) is 74.0 Å². The minimum absolute atomic E-state index is 0.0994. The molecule has 0 heterocycles. The molecule has 0 spiro atoms. The molecule has 0 aromatic carbocycles. The number of alkyl halides is 9. The lowest BCUT2D eigenvalue weighted by Gasteiger charge is -2.42. The van der Waals surface area contributed by atoms with E-state index in [2.05, 4.69) is 152 Å². The van der Waals surface area contributed by atoms with Crippen molar-refractivity contribution < 1.29 is 39.5 Å². The van der Waals surface area contributed by atoms with Crippen molar-refractivity contribution in [1.82, 2.24) is 0 Å². The monoisotopic (exact) mass is 1480 g/mol. The van der Waals surface area contributed by atoms with Crippen LogP contribution < -0.4 is 0 Å². The first kappa shape index (κ1) is 120. The van der Waals surface area contributed by atoms with Gasteiger partial charge in [0.15, 0.2) is 0 Å². The van der Waals surface area contributed by atoms with Crippen molar-refractivity contribution >= 4 is 0 Å². The van der Waals surface area contributed by atoms with Crippen LogP contribution in [0.4, 0.5) is 39.5 Å². The SMILES string of the molecule is CC(C)C(C(C)C)C(C)(F)C(C)C.CC(C)C(C)(F)C(C)C.CCC(C)(CC)C(C)(F)C(C)C.CCC(C)(F)C(C(C)C)C(C)C.CCC(CC)C(C)(F)C(C)C.CCCC(C)(F)C(C(C)C)C(C)C.CCCC(C)(F)C(C)(CC)CC.CCCC(C)(F)C(CC)CC.CCCC(C)(F)CCC. The van der Waals surface area contributed by atoms with E-state index in [9.17, 15) is 39.5 Å². The van der Waals surface area contributed by atoms with Crippen LogP contribution in [0.5, 0.6) is 0 Å². The average Bonchev–Trinajstić information content (AvgIpc) is 0.815. The Labute approximate surface area is 640 Å². The first-order valence-corrected chi connectivity index (χ1v) is 42.9. The highest BCUT2D eigenvalue weighted by Gasteiger charge is 2.46. The molecule has 0 nitrogen and oxygen atoms in total. The summed E-state index contributed by atoms with van der Waals surface area (Å²) in [7, 11) is 0. The van der Waals surface area contributed by atoms with Crippen molar-refractivity contribution in [3.63, 3.8) is 0 Å². The fraction of sp³-hybridized carbons (Fsp3) is 1.00. The molecule has 0 aromatic rings. The lowest BCUT2D eigenvalue weighted by atomic mass is 9.67. The van der Waals surface area contributed by atoms with Gasteiger partial charge in [-0.25, -0.2) is 39.5 Å². The van der Waals surface area contributed by atoms with Gasteiger partial charge in [0.1, 0.15) is 51.0 Å². The van der Waals surface area contributed by atoms with Crippen LogP contribution in [0.15, 0.2) is 0 Å². The summed E-state index contributed by atoms with van der Waals surface area (Å²) in [5.41, 5.74) is -9.18. The molecule has 0 aliphatic rings. The first-order valence-electron chi connectivity index (χ1n) is 42.9. The molecule has 0 N–H and O–H groups in total. The lowest BCUT2D eigenvalue weighted by Crippen LogP contribution is -2.43. The predicted octanol–water partition coefficient (Wildman–Crippen LogP) is 35.4. The van der Waals surface area contributed by atoms with E-state index >= 15 is 0 Å². The Bertz CT molecular complexity index is 1800. The zero-order valence-corrected chi connectivity index (χ0v) is 78.6. The summed E-state index contributed by atoms with van der Waals surface area (Å²) >= 11 is 0. The highest BCUT2D eigenvalue weighted by molar-refractivity contribution is 4.95. The Balaban J connectivity index is -0.000000137. The second-order valence-electron chi connectivity index (χ2n) is 37.5. The van der Waals surface area contributed by atoms with Crippen LogP contribution in [0.1, 0.15) is 447 Å². The first-order chi connectivity index (χ1) is 45.7. The van der Waals surface area contributed by atoms with Gasteiger partial charge in [-0.15, -0.1) is 0 Å². The maximum Gasteiger partial charge on any atom is 0.115 e. The Hall–Kier alpha value is -0.630. The van der Waals surface area contributed by atoms with E-state index in [0.717, 1.165) is 83.5 Å². The highest BCUT2D eigenvalue weighted by atomic mass is 19.2. The maximum atomic E-state index is 14.4. The van der Waals surface area contributed by atoms with E-state index in [1.165, 1.54) is 0 Å². The lowest BCUT2D eigenvalue weighted by molar-refractivity contribution is -0.0267. The van der Waals surface area contributed by atoms with Gasteiger partial charge in [-0.05, 0) is 221 Å². The van der Waals surface area contributed by atoms with Gasteiger partial charge in [-0.1, -0.05) is 321 Å². The van der Waals surface area contributed by atoms with E-state index in [4.69, 9.17) is 0 Å². The molecule has 0 aliphatic carbocycles. The molecule has 102 heavy (non-hydrogen) atoms. The van der Waals surface area contributed by atoms with Gasteiger partial charge in [-0.3, -0.25) is 0 Å². The maximum absolute atomic E-state index is 14.4. The van der Waals surface area contributed by atoms with E-state index in [-0.39, 0.29) is 70.0 Å². The normalized spacial score (nSPS) is 16.6. The summed E-state index contributed by atoms with van der Waals surface area (Å²) in [6, 6.07) is 0. The van der Waals surface area contributed by atoms with Crippen LogP contribution in [-0.4, -0.2) is 51.0 Å². The molecule has 0 amide bonds. The van der Waals surface area contributed by atoms with Crippen molar-refractivity contribution in [1.29, 1.82) is 0 Å². The molecule has 0 radical (unpaired) electrons. The van der Waals surface area contributed by atoms with Crippen LogP contribution in [0.2, 0.25) is 0 Å². The summed E-state index contributed by atoms with van der Waals surface area (Å²) in [6.45, 7) is 93.2. The zero-order chi connectivity index (χ0) is 84.2. The molecule has 630 valence electrons. The van der Waals surface area contributed by atoms with Gasteiger partial charge in [0.05, 0.1) is 0 Å². The Morgan fingerprint density at radius 3 is 0.618 bits per heavy atom. The molecule has 0 aliphatic heterocycles. The fourth-order valence-corrected chi connectivity index (χ4v) is 16.3. The number of hydrogen-bond donors (Lipinski definition) is 0. The van der Waals surface area contributed by atoms with Crippen LogP contribution in [0.3, 0.4) is 0 Å². The summed E-state index contributed by atoms with van der Waals surface area (Å²) in [5, 5.41) is 0. The molecule has 0 bridgehead atoms. The largest absolute Gasteiger partial charge is 0.244 e. The minimum atomic E-state index is -1.05. The van der Waals surface area contributed by atoms with Crippen LogP contribution in [-0.2, 0) is 0 Å². The van der Waals surface area contributed by atoms with Gasteiger partial charge in [0.25, 0.3) is 0 Å². The van der Waals surface area contributed by atoms with Crippen molar-refractivity contribution in [3.05, 3.63) is 0 Å². The van der Waals surface area contributed by atoms with Crippen LogP contribution in [0.25, 0.3) is 0 Å².